The fourth-order valence-electron chi connectivity index (χ4n) is 1.73. The molecule has 0 aromatic heterocycles. The van der Waals surface area contributed by atoms with E-state index in [0.717, 1.165) is 0 Å². The molecule has 1 rings (SSSR count). The molecule has 0 fully saturated rings. The summed E-state index contributed by atoms with van der Waals surface area (Å²) < 4.78 is 0. The zero-order valence-electron chi connectivity index (χ0n) is 11.7. The number of hydrogen-bond donors (Lipinski definition) is 0. The number of halogens is 1. The Morgan fingerprint density at radius 3 is 2.55 bits per heavy atom. The molecule has 6 heteroatoms. The number of benzene rings is 1. The average molecular weight is 297 g/mol. The monoisotopic (exact) mass is 296 g/mol. The van der Waals surface area contributed by atoms with Gasteiger partial charge in [0.05, 0.1) is 15.5 Å². The van der Waals surface area contributed by atoms with Crippen LogP contribution in [0.1, 0.15) is 31.1 Å². The third-order valence-corrected chi connectivity index (χ3v) is 3.09. The predicted octanol–water partition coefficient (Wildman–Crippen LogP) is 3.67. The molecule has 0 aliphatic carbocycles. The first-order valence-electron chi connectivity index (χ1n) is 6.05. The second kappa shape index (κ2) is 6.05. The lowest BCUT2D eigenvalue weighted by Crippen LogP contribution is -2.45. The van der Waals surface area contributed by atoms with Crippen molar-refractivity contribution in [2.75, 3.05) is 6.54 Å². The van der Waals surface area contributed by atoms with Gasteiger partial charge < -0.3 is 4.90 Å². The van der Waals surface area contributed by atoms with E-state index in [1.165, 1.54) is 18.2 Å². The third kappa shape index (κ3) is 3.57. The first kappa shape index (κ1) is 16.2. The van der Waals surface area contributed by atoms with E-state index in [-0.39, 0.29) is 22.2 Å². The highest BCUT2D eigenvalue weighted by Crippen LogP contribution is 2.26. The van der Waals surface area contributed by atoms with Crippen molar-refractivity contribution >= 4 is 23.2 Å². The maximum atomic E-state index is 12.5. The van der Waals surface area contributed by atoms with E-state index in [2.05, 4.69) is 6.58 Å². The van der Waals surface area contributed by atoms with Crippen LogP contribution in [0.4, 0.5) is 5.69 Å². The molecule has 0 unspecified atom stereocenters. The van der Waals surface area contributed by atoms with Gasteiger partial charge >= 0.3 is 0 Å². The largest absolute Gasteiger partial charge is 0.330 e. The van der Waals surface area contributed by atoms with Gasteiger partial charge in [-0.25, -0.2) is 0 Å². The molecule has 20 heavy (non-hydrogen) atoms. The molecule has 0 atom stereocenters. The Hall–Kier alpha value is -1.88. The number of nitrogens with zero attached hydrogens (tertiary/aromatic N) is 2. The molecule has 0 radical (unpaired) electrons. The Labute approximate surface area is 123 Å². The number of hydrogen-bond acceptors (Lipinski definition) is 3. The molecular weight excluding hydrogens is 280 g/mol. The second-order valence-corrected chi connectivity index (χ2v) is 5.70. The highest BCUT2D eigenvalue weighted by Gasteiger charge is 2.28. The van der Waals surface area contributed by atoms with Gasteiger partial charge in [0.25, 0.3) is 11.6 Å². The van der Waals surface area contributed by atoms with Gasteiger partial charge in [-0.15, -0.1) is 6.58 Å². The van der Waals surface area contributed by atoms with Crippen LogP contribution in [0.3, 0.4) is 0 Å². The van der Waals surface area contributed by atoms with E-state index in [4.69, 9.17) is 11.6 Å². The van der Waals surface area contributed by atoms with Crippen LogP contribution in [0.5, 0.6) is 0 Å². The summed E-state index contributed by atoms with van der Waals surface area (Å²) in [6.07, 6.45) is 1.61. The van der Waals surface area contributed by atoms with Gasteiger partial charge in [0.2, 0.25) is 0 Å². The van der Waals surface area contributed by atoms with E-state index >= 15 is 0 Å². The van der Waals surface area contributed by atoms with Crippen LogP contribution in [0.25, 0.3) is 0 Å². The SMILES string of the molecule is C=CCN(C(=O)c1cc([N+](=O)[O-])ccc1Cl)C(C)(C)C. The lowest BCUT2D eigenvalue weighted by atomic mass is 10.0. The highest BCUT2D eigenvalue weighted by atomic mass is 35.5. The maximum Gasteiger partial charge on any atom is 0.270 e. The van der Waals surface area contributed by atoms with Gasteiger partial charge in [-0.05, 0) is 26.8 Å². The first-order chi connectivity index (χ1) is 9.18. The molecule has 0 aliphatic heterocycles. The molecule has 1 amide bonds. The Bertz CT molecular complexity index is 550. The topological polar surface area (TPSA) is 63.5 Å². The number of nitro benzene ring substituents is 1. The van der Waals surface area contributed by atoms with Gasteiger partial charge in [0.1, 0.15) is 0 Å². The normalized spacial score (nSPS) is 11.0. The molecular formula is C14H17ClN2O3. The summed E-state index contributed by atoms with van der Waals surface area (Å²) >= 11 is 5.99. The van der Waals surface area contributed by atoms with Crippen molar-refractivity contribution in [3.8, 4) is 0 Å². The molecule has 5 nitrogen and oxygen atoms in total. The Kier molecular flexibility index (Phi) is 4.89. The average Bonchev–Trinajstić information content (AvgIpc) is 2.34. The van der Waals surface area contributed by atoms with Gasteiger partial charge in [-0.1, -0.05) is 17.7 Å². The van der Waals surface area contributed by atoms with Crippen molar-refractivity contribution in [2.24, 2.45) is 0 Å². The van der Waals surface area contributed by atoms with Gasteiger partial charge in [0, 0.05) is 24.2 Å². The van der Waals surface area contributed by atoms with Crippen LogP contribution in [-0.2, 0) is 0 Å². The number of rotatable bonds is 4. The van der Waals surface area contributed by atoms with E-state index in [1.54, 1.807) is 11.0 Å². The van der Waals surface area contributed by atoms with Crippen molar-refractivity contribution in [1.82, 2.24) is 4.90 Å². The summed E-state index contributed by atoms with van der Waals surface area (Å²) in [7, 11) is 0. The molecule has 1 aromatic rings. The van der Waals surface area contributed by atoms with Gasteiger partial charge in [-0.3, -0.25) is 14.9 Å². The van der Waals surface area contributed by atoms with Crippen LogP contribution in [0, 0.1) is 10.1 Å². The minimum Gasteiger partial charge on any atom is -0.330 e. The van der Waals surface area contributed by atoms with Gasteiger partial charge in [0.15, 0.2) is 0 Å². The zero-order valence-corrected chi connectivity index (χ0v) is 12.5. The van der Waals surface area contributed by atoms with Crippen LogP contribution in [0.2, 0.25) is 5.02 Å². The van der Waals surface area contributed by atoms with Crippen LogP contribution in [-0.4, -0.2) is 27.8 Å². The Morgan fingerprint density at radius 1 is 1.50 bits per heavy atom. The molecule has 0 saturated heterocycles. The van der Waals surface area contributed by atoms with Gasteiger partial charge in [-0.2, -0.15) is 0 Å². The summed E-state index contributed by atoms with van der Waals surface area (Å²) in [5, 5.41) is 11.0. The number of non-ortho nitro benzene ring substituents is 1. The minimum atomic E-state index is -0.554. The van der Waals surface area contributed by atoms with Crippen LogP contribution in [0.15, 0.2) is 30.9 Å². The number of nitro groups is 1. The molecule has 0 heterocycles. The lowest BCUT2D eigenvalue weighted by Gasteiger charge is -2.35. The van der Waals surface area contributed by atoms with E-state index < -0.39 is 10.5 Å². The molecule has 0 bridgehead atoms. The standard InChI is InChI=1S/C14H17ClN2O3/c1-5-8-16(14(2,3)4)13(18)11-9-10(17(19)20)6-7-12(11)15/h5-7,9H,1,8H2,2-4H3. The smallest absolute Gasteiger partial charge is 0.270 e. The van der Waals surface area contributed by atoms with E-state index in [9.17, 15) is 14.9 Å². The quantitative estimate of drug-likeness (QED) is 0.484. The summed E-state index contributed by atoms with van der Waals surface area (Å²) in [5.74, 6) is -0.355. The third-order valence-electron chi connectivity index (χ3n) is 2.76. The second-order valence-electron chi connectivity index (χ2n) is 5.30. The van der Waals surface area contributed by atoms with Crippen molar-refractivity contribution in [3.05, 3.63) is 51.6 Å². The minimum absolute atomic E-state index is 0.123. The maximum absolute atomic E-state index is 12.5. The van der Waals surface area contributed by atoms with Crippen molar-refractivity contribution in [1.29, 1.82) is 0 Å². The zero-order chi connectivity index (χ0) is 15.5. The number of carbonyl (C=O) groups is 1. The fourth-order valence-corrected chi connectivity index (χ4v) is 1.93. The Morgan fingerprint density at radius 2 is 2.10 bits per heavy atom. The lowest BCUT2D eigenvalue weighted by molar-refractivity contribution is -0.384. The fraction of sp³-hybridized carbons (Fsp3) is 0.357. The first-order valence-corrected chi connectivity index (χ1v) is 6.43. The summed E-state index contributed by atoms with van der Waals surface area (Å²) in [4.78, 5) is 24.4. The van der Waals surface area contributed by atoms with E-state index in [0.29, 0.717) is 6.54 Å². The van der Waals surface area contributed by atoms with Crippen molar-refractivity contribution < 1.29 is 9.72 Å². The molecule has 0 N–H and O–H groups in total. The Balaban J connectivity index is 3.27. The van der Waals surface area contributed by atoms with E-state index in [1.807, 2.05) is 20.8 Å². The van der Waals surface area contributed by atoms with Crippen molar-refractivity contribution in [2.45, 2.75) is 26.3 Å². The highest BCUT2D eigenvalue weighted by molar-refractivity contribution is 6.34. The number of carbonyl (C=O) groups excluding carboxylic acids is 1. The summed E-state index contributed by atoms with van der Waals surface area (Å²) in [6, 6.07) is 3.84. The molecule has 1 aromatic carbocycles. The molecule has 0 spiro atoms. The predicted molar refractivity (Wildman–Crippen MR) is 79.1 cm³/mol. The summed E-state index contributed by atoms with van der Waals surface area (Å²) in [6.45, 7) is 9.58. The summed E-state index contributed by atoms with van der Waals surface area (Å²) in [5.41, 5.74) is -0.484. The number of amides is 1. The van der Waals surface area contributed by atoms with Crippen LogP contribution < -0.4 is 0 Å². The molecule has 0 saturated carbocycles. The molecule has 108 valence electrons. The van der Waals surface area contributed by atoms with Crippen LogP contribution >= 0.6 is 11.6 Å². The van der Waals surface area contributed by atoms with Crippen molar-refractivity contribution in [3.63, 3.8) is 0 Å². The molecule has 0 aliphatic rings.